The van der Waals surface area contributed by atoms with Gasteiger partial charge in [-0.2, -0.15) is 0 Å². The molecule has 2 N–H and O–H groups in total. The molecule has 2 aromatic carbocycles. The Kier molecular flexibility index (Phi) is 5.18. The van der Waals surface area contributed by atoms with Crippen LogP contribution in [0.4, 0.5) is 17.1 Å². The van der Waals surface area contributed by atoms with Crippen LogP contribution in [0.2, 0.25) is 5.02 Å². The minimum Gasteiger partial charge on any atom is -0.459 e. The summed E-state index contributed by atoms with van der Waals surface area (Å²) in [4.78, 5) is 35.1. The zero-order valence-corrected chi connectivity index (χ0v) is 14.4. The van der Waals surface area contributed by atoms with Crippen molar-refractivity contribution in [3.8, 4) is 0 Å². The van der Waals surface area contributed by atoms with Gasteiger partial charge in [0.2, 0.25) is 0 Å². The Morgan fingerprint density at radius 3 is 2.52 bits per heavy atom. The number of nitrogens with one attached hydrogen (secondary N) is 2. The minimum absolute atomic E-state index is 0.0787. The van der Waals surface area contributed by atoms with Gasteiger partial charge >= 0.3 is 0 Å². The molecule has 0 radical (unpaired) electrons. The van der Waals surface area contributed by atoms with Crippen LogP contribution >= 0.6 is 11.6 Å². The van der Waals surface area contributed by atoms with Crippen molar-refractivity contribution in [2.24, 2.45) is 0 Å². The van der Waals surface area contributed by atoms with Gasteiger partial charge in [-0.05, 0) is 36.4 Å². The number of non-ortho nitro benzene ring substituents is 1. The molecule has 0 spiro atoms. The van der Waals surface area contributed by atoms with Crippen molar-refractivity contribution in [1.29, 1.82) is 0 Å². The molecule has 0 aliphatic rings. The standard InChI is InChI=1S/C18H12ClN3O5/c19-11-6-7-15(21-18(24)16-5-2-8-27-16)14(9-11)17(23)20-12-3-1-4-13(10-12)22(25)26/h1-10H,(H,20,23)(H,21,24). The van der Waals surface area contributed by atoms with E-state index >= 15 is 0 Å². The largest absolute Gasteiger partial charge is 0.459 e. The van der Waals surface area contributed by atoms with E-state index in [0.717, 1.165) is 0 Å². The lowest BCUT2D eigenvalue weighted by Gasteiger charge is -2.11. The monoisotopic (exact) mass is 385 g/mol. The predicted molar refractivity (Wildman–Crippen MR) is 99.2 cm³/mol. The number of hydrogen-bond donors (Lipinski definition) is 2. The van der Waals surface area contributed by atoms with Crippen LogP contribution in [0.25, 0.3) is 0 Å². The maximum absolute atomic E-state index is 12.6. The molecule has 136 valence electrons. The van der Waals surface area contributed by atoms with Crippen molar-refractivity contribution in [2.75, 3.05) is 10.6 Å². The zero-order chi connectivity index (χ0) is 19.4. The molecule has 0 atom stereocenters. The first-order valence-corrected chi connectivity index (χ1v) is 8.02. The highest BCUT2D eigenvalue weighted by atomic mass is 35.5. The Bertz CT molecular complexity index is 1020. The maximum atomic E-state index is 12.6. The molecule has 0 bridgehead atoms. The van der Waals surface area contributed by atoms with Crippen LogP contribution in [0.1, 0.15) is 20.9 Å². The van der Waals surface area contributed by atoms with Crippen molar-refractivity contribution in [3.63, 3.8) is 0 Å². The van der Waals surface area contributed by atoms with Crippen LogP contribution < -0.4 is 10.6 Å². The second-order valence-electron chi connectivity index (χ2n) is 5.38. The highest BCUT2D eigenvalue weighted by molar-refractivity contribution is 6.31. The van der Waals surface area contributed by atoms with Gasteiger partial charge < -0.3 is 15.1 Å². The number of nitro groups is 1. The van der Waals surface area contributed by atoms with Gasteiger partial charge in [0.25, 0.3) is 17.5 Å². The summed E-state index contributed by atoms with van der Waals surface area (Å²) in [6, 6.07) is 12.9. The quantitative estimate of drug-likeness (QED) is 0.500. The SMILES string of the molecule is O=C(Nc1ccc(Cl)cc1C(=O)Nc1cccc([N+](=O)[O-])c1)c1ccco1. The average Bonchev–Trinajstić information content (AvgIpc) is 3.18. The molecular weight excluding hydrogens is 374 g/mol. The van der Waals surface area contributed by atoms with Crippen LogP contribution in [0.3, 0.4) is 0 Å². The number of carbonyl (C=O) groups is 2. The fourth-order valence-corrected chi connectivity index (χ4v) is 2.47. The fraction of sp³-hybridized carbons (Fsp3) is 0. The third-order valence-corrected chi connectivity index (χ3v) is 3.77. The molecule has 27 heavy (non-hydrogen) atoms. The van der Waals surface area contributed by atoms with Gasteiger partial charge in [-0.1, -0.05) is 17.7 Å². The number of halogens is 1. The summed E-state index contributed by atoms with van der Waals surface area (Å²) in [6.45, 7) is 0. The van der Waals surface area contributed by atoms with Crippen LogP contribution in [0, 0.1) is 10.1 Å². The number of hydrogen-bond acceptors (Lipinski definition) is 5. The maximum Gasteiger partial charge on any atom is 0.291 e. The van der Waals surface area contributed by atoms with E-state index in [9.17, 15) is 19.7 Å². The summed E-state index contributed by atoms with van der Waals surface area (Å²) in [5.41, 5.74) is 0.375. The van der Waals surface area contributed by atoms with Gasteiger partial charge in [0.05, 0.1) is 22.4 Å². The van der Waals surface area contributed by atoms with Crippen LogP contribution in [-0.4, -0.2) is 16.7 Å². The first-order chi connectivity index (χ1) is 12.9. The Labute approximate surface area is 157 Å². The van der Waals surface area contributed by atoms with Crippen molar-refractivity contribution in [1.82, 2.24) is 0 Å². The molecule has 3 rings (SSSR count). The van der Waals surface area contributed by atoms with Crippen LogP contribution in [0.15, 0.2) is 65.3 Å². The van der Waals surface area contributed by atoms with E-state index in [1.807, 2.05) is 0 Å². The summed E-state index contributed by atoms with van der Waals surface area (Å²) < 4.78 is 5.02. The van der Waals surface area contributed by atoms with E-state index in [0.29, 0.717) is 0 Å². The van der Waals surface area contributed by atoms with E-state index in [2.05, 4.69) is 10.6 Å². The molecule has 3 aromatic rings. The van der Waals surface area contributed by atoms with Crippen LogP contribution in [-0.2, 0) is 0 Å². The van der Waals surface area contributed by atoms with Gasteiger partial charge in [0.1, 0.15) is 0 Å². The van der Waals surface area contributed by atoms with Crippen molar-refractivity contribution >= 4 is 40.5 Å². The molecule has 9 heteroatoms. The number of rotatable bonds is 5. The van der Waals surface area contributed by atoms with Crippen molar-refractivity contribution in [2.45, 2.75) is 0 Å². The summed E-state index contributed by atoms with van der Waals surface area (Å²) in [5, 5.41) is 16.3. The summed E-state index contributed by atoms with van der Waals surface area (Å²) in [5.74, 6) is -1.05. The van der Waals surface area contributed by atoms with Gasteiger partial charge in [-0.3, -0.25) is 19.7 Å². The number of nitrogens with zero attached hydrogens (tertiary/aromatic N) is 1. The lowest BCUT2D eigenvalue weighted by Crippen LogP contribution is -2.18. The number of furan rings is 1. The molecule has 0 unspecified atom stereocenters. The fourth-order valence-electron chi connectivity index (χ4n) is 2.30. The van der Waals surface area contributed by atoms with E-state index in [1.165, 1.54) is 54.8 Å². The van der Waals surface area contributed by atoms with Crippen molar-refractivity contribution < 1.29 is 18.9 Å². The topological polar surface area (TPSA) is 114 Å². The van der Waals surface area contributed by atoms with Gasteiger partial charge in [-0.15, -0.1) is 0 Å². The molecule has 0 fully saturated rings. The lowest BCUT2D eigenvalue weighted by molar-refractivity contribution is -0.384. The Hall–Kier alpha value is -3.65. The van der Waals surface area contributed by atoms with E-state index in [4.69, 9.17) is 16.0 Å². The molecule has 0 aliphatic carbocycles. The molecule has 1 aromatic heterocycles. The van der Waals surface area contributed by atoms with Gasteiger partial charge in [-0.25, -0.2) is 0 Å². The highest BCUT2D eigenvalue weighted by Gasteiger charge is 2.17. The smallest absolute Gasteiger partial charge is 0.291 e. The Balaban J connectivity index is 1.85. The second kappa shape index (κ2) is 7.71. The van der Waals surface area contributed by atoms with E-state index in [1.54, 1.807) is 6.07 Å². The average molecular weight is 386 g/mol. The minimum atomic E-state index is -0.590. The summed E-state index contributed by atoms with van der Waals surface area (Å²) >= 11 is 5.97. The number of nitro benzene ring substituents is 1. The number of carbonyl (C=O) groups excluding carboxylic acids is 2. The van der Waals surface area contributed by atoms with Gasteiger partial charge in [0, 0.05) is 22.8 Å². The third-order valence-electron chi connectivity index (χ3n) is 3.53. The first-order valence-electron chi connectivity index (χ1n) is 7.64. The summed E-state index contributed by atoms with van der Waals surface area (Å²) in [6.07, 6.45) is 1.35. The lowest BCUT2D eigenvalue weighted by atomic mass is 10.1. The number of anilines is 2. The highest BCUT2D eigenvalue weighted by Crippen LogP contribution is 2.24. The normalized spacial score (nSPS) is 10.3. The molecule has 8 nitrogen and oxygen atoms in total. The Morgan fingerprint density at radius 2 is 1.81 bits per heavy atom. The predicted octanol–water partition coefficient (Wildman–Crippen LogP) is 4.35. The number of benzene rings is 2. The summed E-state index contributed by atoms with van der Waals surface area (Å²) in [7, 11) is 0. The third kappa shape index (κ3) is 4.31. The molecular formula is C18H12ClN3O5. The van der Waals surface area contributed by atoms with E-state index in [-0.39, 0.29) is 33.4 Å². The number of amides is 2. The molecule has 2 amide bonds. The van der Waals surface area contributed by atoms with Crippen LogP contribution in [0.5, 0.6) is 0 Å². The Morgan fingerprint density at radius 1 is 1.00 bits per heavy atom. The van der Waals surface area contributed by atoms with Crippen molar-refractivity contribution in [3.05, 3.63) is 87.3 Å². The van der Waals surface area contributed by atoms with E-state index < -0.39 is 16.7 Å². The molecule has 0 saturated carbocycles. The van der Waals surface area contributed by atoms with Gasteiger partial charge in [0.15, 0.2) is 5.76 Å². The molecule has 0 aliphatic heterocycles. The molecule has 1 heterocycles. The second-order valence-corrected chi connectivity index (χ2v) is 5.82. The molecule has 0 saturated heterocycles. The zero-order valence-electron chi connectivity index (χ0n) is 13.6. The first kappa shape index (κ1) is 18.2.